The number of allylic oxidation sites excluding steroid dienone is 1. The van der Waals surface area contributed by atoms with E-state index in [0.29, 0.717) is 51.2 Å². The second-order valence-electron chi connectivity index (χ2n) is 7.95. The predicted molar refractivity (Wildman–Crippen MR) is 135 cm³/mol. The molecule has 0 saturated heterocycles. The molecule has 0 unspecified atom stereocenters. The van der Waals surface area contributed by atoms with E-state index in [1.807, 2.05) is 0 Å². The van der Waals surface area contributed by atoms with Gasteiger partial charge in [0.1, 0.15) is 23.0 Å². The third kappa shape index (κ3) is 4.88. The van der Waals surface area contributed by atoms with Crippen molar-refractivity contribution >= 4 is 17.8 Å². The fraction of sp³-hybridized carbons (Fsp3) is 0.214. The number of benzene rings is 3. The lowest BCUT2D eigenvalue weighted by atomic mass is 10.1. The number of methoxy groups -OCH3 is 5. The Bertz CT molecular complexity index is 1360. The maximum absolute atomic E-state index is 13.1. The van der Waals surface area contributed by atoms with E-state index >= 15 is 0 Å². The predicted octanol–water partition coefficient (Wildman–Crippen LogP) is 4.87. The van der Waals surface area contributed by atoms with Crippen molar-refractivity contribution in [1.82, 2.24) is 0 Å². The van der Waals surface area contributed by atoms with Crippen molar-refractivity contribution in [3.8, 4) is 40.2 Å². The lowest BCUT2D eigenvalue weighted by Gasteiger charge is -2.13. The van der Waals surface area contributed by atoms with Crippen LogP contribution >= 0.6 is 0 Å². The molecule has 1 aliphatic rings. The van der Waals surface area contributed by atoms with E-state index in [1.165, 1.54) is 35.5 Å². The molecule has 1 aliphatic heterocycles. The summed E-state index contributed by atoms with van der Waals surface area (Å²) < 4.78 is 38.1. The van der Waals surface area contributed by atoms with Gasteiger partial charge in [-0.15, -0.1) is 0 Å². The third-order valence-electron chi connectivity index (χ3n) is 5.81. The maximum Gasteiger partial charge on any atom is 0.343 e. The van der Waals surface area contributed by atoms with E-state index in [9.17, 15) is 9.59 Å². The molecule has 0 atom stereocenters. The number of hydrogen-bond donors (Lipinski definition) is 0. The van der Waals surface area contributed by atoms with Gasteiger partial charge in [-0.1, -0.05) is 0 Å². The molecule has 0 saturated carbocycles. The van der Waals surface area contributed by atoms with Crippen molar-refractivity contribution in [2.45, 2.75) is 6.92 Å². The number of ketones is 1. The highest BCUT2D eigenvalue weighted by Gasteiger charge is 2.31. The monoisotopic (exact) mass is 506 g/mol. The second-order valence-corrected chi connectivity index (χ2v) is 7.95. The Hall–Kier alpha value is -4.66. The van der Waals surface area contributed by atoms with Gasteiger partial charge in [-0.25, -0.2) is 4.79 Å². The first-order valence-corrected chi connectivity index (χ1v) is 11.2. The van der Waals surface area contributed by atoms with Crippen molar-refractivity contribution in [2.75, 3.05) is 35.5 Å². The summed E-state index contributed by atoms with van der Waals surface area (Å²) in [6, 6.07) is 11.3. The van der Waals surface area contributed by atoms with Crippen LogP contribution in [0.5, 0.6) is 40.2 Å². The van der Waals surface area contributed by atoms with Crippen LogP contribution in [-0.4, -0.2) is 47.3 Å². The molecule has 192 valence electrons. The van der Waals surface area contributed by atoms with Crippen molar-refractivity contribution in [1.29, 1.82) is 0 Å². The first kappa shape index (κ1) is 25.4. The number of carbonyl (C=O) groups excluding carboxylic acids is 2. The minimum Gasteiger partial charge on any atom is -0.497 e. The summed E-state index contributed by atoms with van der Waals surface area (Å²) in [5.41, 5.74) is 1.72. The standard InChI is InChI=1S/C28H26O9/c1-15-21(37-28(30)17-12-18(31-2)14-19(13-17)32-3)8-7-20-25(29)22(36-26(15)20)9-16-10-23(33-4)27(35-6)24(11-16)34-5/h7-14H,1-6H3/b22-9-. The van der Waals surface area contributed by atoms with Crippen molar-refractivity contribution in [2.24, 2.45) is 0 Å². The van der Waals surface area contributed by atoms with Gasteiger partial charge < -0.3 is 33.2 Å². The molecule has 0 aromatic heterocycles. The minimum absolute atomic E-state index is 0.105. The van der Waals surface area contributed by atoms with E-state index in [0.717, 1.165) is 0 Å². The molecule has 0 radical (unpaired) electrons. The SMILES string of the molecule is COc1cc(OC)cc(C(=O)Oc2ccc3c(c2C)O/C(=C\c2cc(OC)c(OC)c(OC)c2)C3=O)c1. The topological polar surface area (TPSA) is 98.8 Å². The van der Waals surface area contributed by atoms with Crippen LogP contribution in [0.2, 0.25) is 0 Å². The van der Waals surface area contributed by atoms with Gasteiger partial charge in [-0.3, -0.25) is 4.79 Å². The summed E-state index contributed by atoms with van der Waals surface area (Å²) in [6.45, 7) is 1.71. The Morgan fingerprint density at radius 3 is 1.95 bits per heavy atom. The number of ether oxygens (including phenoxy) is 7. The van der Waals surface area contributed by atoms with E-state index in [1.54, 1.807) is 55.5 Å². The van der Waals surface area contributed by atoms with Gasteiger partial charge in [0.2, 0.25) is 11.5 Å². The Kier molecular flexibility index (Phi) is 7.24. The van der Waals surface area contributed by atoms with Crippen LogP contribution in [0.1, 0.15) is 31.8 Å². The molecule has 0 bridgehead atoms. The Balaban J connectivity index is 1.63. The van der Waals surface area contributed by atoms with Gasteiger partial charge in [0.15, 0.2) is 17.3 Å². The first-order chi connectivity index (χ1) is 17.8. The van der Waals surface area contributed by atoms with Crippen LogP contribution in [0.15, 0.2) is 48.2 Å². The van der Waals surface area contributed by atoms with Crippen LogP contribution in [0.25, 0.3) is 6.08 Å². The van der Waals surface area contributed by atoms with Crippen molar-refractivity contribution in [3.63, 3.8) is 0 Å². The number of hydrogen-bond acceptors (Lipinski definition) is 9. The molecule has 0 fully saturated rings. The van der Waals surface area contributed by atoms with Gasteiger partial charge >= 0.3 is 5.97 Å². The molecule has 4 rings (SSSR count). The molecule has 37 heavy (non-hydrogen) atoms. The van der Waals surface area contributed by atoms with E-state index in [-0.39, 0.29) is 22.9 Å². The van der Waals surface area contributed by atoms with E-state index in [2.05, 4.69) is 0 Å². The largest absolute Gasteiger partial charge is 0.497 e. The Morgan fingerprint density at radius 1 is 0.784 bits per heavy atom. The normalized spacial score (nSPS) is 13.0. The molecular formula is C28H26O9. The van der Waals surface area contributed by atoms with Gasteiger partial charge in [0, 0.05) is 11.6 Å². The number of Topliss-reactive ketones (excluding diaryl/α,β-unsaturated/α-hetero) is 1. The van der Waals surface area contributed by atoms with E-state index < -0.39 is 5.97 Å². The Morgan fingerprint density at radius 2 is 1.41 bits per heavy atom. The van der Waals surface area contributed by atoms with Gasteiger partial charge in [0.25, 0.3) is 0 Å². The third-order valence-corrected chi connectivity index (χ3v) is 5.81. The van der Waals surface area contributed by atoms with Crippen molar-refractivity contribution < 1.29 is 42.7 Å². The second kappa shape index (κ2) is 10.5. The fourth-order valence-corrected chi connectivity index (χ4v) is 3.90. The van der Waals surface area contributed by atoms with E-state index in [4.69, 9.17) is 33.2 Å². The highest BCUT2D eigenvalue weighted by molar-refractivity contribution is 6.15. The molecule has 0 spiro atoms. The molecule has 0 amide bonds. The van der Waals surface area contributed by atoms with Gasteiger partial charge in [-0.05, 0) is 55.0 Å². The maximum atomic E-state index is 13.1. The molecule has 1 heterocycles. The lowest BCUT2D eigenvalue weighted by Crippen LogP contribution is -2.10. The van der Waals surface area contributed by atoms with Crippen LogP contribution < -0.4 is 33.2 Å². The summed E-state index contributed by atoms with van der Waals surface area (Å²) in [4.78, 5) is 25.9. The van der Waals surface area contributed by atoms with Gasteiger partial charge in [-0.2, -0.15) is 0 Å². The molecule has 0 aliphatic carbocycles. The lowest BCUT2D eigenvalue weighted by molar-refractivity contribution is 0.0732. The summed E-state index contributed by atoms with van der Waals surface area (Å²) >= 11 is 0. The van der Waals surface area contributed by atoms with Gasteiger partial charge in [0.05, 0.1) is 46.7 Å². The van der Waals surface area contributed by atoms with Crippen LogP contribution in [0.3, 0.4) is 0 Å². The zero-order chi connectivity index (χ0) is 26.7. The molecule has 3 aromatic rings. The van der Waals surface area contributed by atoms with Crippen LogP contribution in [0, 0.1) is 6.92 Å². The zero-order valence-corrected chi connectivity index (χ0v) is 21.3. The zero-order valence-electron chi connectivity index (χ0n) is 21.3. The number of fused-ring (bicyclic) bond motifs is 1. The van der Waals surface area contributed by atoms with Crippen molar-refractivity contribution in [3.05, 3.63) is 70.5 Å². The summed E-state index contributed by atoms with van der Waals surface area (Å²) in [5, 5.41) is 0. The number of esters is 1. The summed E-state index contributed by atoms with van der Waals surface area (Å²) in [7, 11) is 7.51. The molecule has 0 N–H and O–H groups in total. The van der Waals surface area contributed by atoms with Crippen LogP contribution in [0.4, 0.5) is 0 Å². The quantitative estimate of drug-likeness (QED) is 0.241. The first-order valence-electron chi connectivity index (χ1n) is 11.2. The molecular weight excluding hydrogens is 480 g/mol. The summed E-state index contributed by atoms with van der Waals surface area (Å²) in [5.74, 6) is 1.98. The average Bonchev–Trinajstić information content (AvgIpc) is 3.24. The minimum atomic E-state index is -0.613. The smallest absolute Gasteiger partial charge is 0.343 e. The average molecular weight is 507 g/mol. The molecule has 9 nitrogen and oxygen atoms in total. The number of rotatable bonds is 8. The molecule has 3 aromatic carbocycles. The summed E-state index contributed by atoms with van der Waals surface area (Å²) in [6.07, 6.45) is 1.58. The number of carbonyl (C=O) groups is 2. The fourth-order valence-electron chi connectivity index (χ4n) is 3.90. The van der Waals surface area contributed by atoms with Crippen LogP contribution in [-0.2, 0) is 0 Å². The Labute approximate surface area is 214 Å². The highest BCUT2D eigenvalue weighted by Crippen LogP contribution is 2.42. The molecule has 9 heteroatoms. The highest BCUT2D eigenvalue weighted by atomic mass is 16.5.